The first kappa shape index (κ1) is 16.0. The fourth-order valence-corrected chi connectivity index (χ4v) is 3.40. The molecule has 0 aliphatic carbocycles. The minimum atomic E-state index is 0.238. The number of rotatable bonds is 7. The number of nitrogens with one attached hydrogen (secondary N) is 1. The van der Waals surface area contributed by atoms with Crippen molar-refractivity contribution in [3.05, 3.63) is 27.5 Å². The van der Waals surface area contributed by atoms with Crippen molar-refractivity contribution in [2.75, 3.05) is 25.6 Å². The number of aromatic nitrogens is 3. The van der Waals surface area contributed by atoms with E-state index in [-0.39, 0.29) is 6.04 Å². The van der Waals surface area contributed by atoms with Gasteiger partial charge >= 0.3 is 0 Å². The van der Waals surface area contributed by atoms with Crippen molar-refractivity contribution in [1.82, 2.24) is 14.5 Å². The molecular formula is C15H24N4OS. The van der Waals surface area contributed by atoms with Crippen LogP contribution in [0.2, 0.25) is 0 Å². The number of hydrogen-bond donors (Lipinski definition) is 1. The number of anilines is 1. The molecule has 0 spiro atoms. The van der Waals surface area contributed by atoms with Crippen LogP contribution in [0, 0.1) is 20.8 Å². The molecule has 1 atom stereocenters. The molecule has 2 rings (SSSR count). The summed E-state index contributed by atoms with van der Waals surface area (Å²) in [6.45, 7) is 9.96. The van der Waals surface area contributed by atoms with Crippen molar-refractivity contribution in [3.8, 4) is 0 Å². The van der Waals surface area contributed by atoms with Gasteiger partial charge in [-0.15, -0.1) is 11.3 Å². The topological polar surface area (TPSA) is 52.0 Å². The van der Waals surface area contributed by atoms with E-state index in [4.69, 9.17) is 4.74 Å². The van der Waals surface area contributed by atoms with Crippen LogP contribution in [-0.2, 0) is 4.74 Å². The molecule has 116 valence electrons. The predicted molar refractivity (Wildman–Crippen MR) is 87.3 cm³/mol. The molecular weight excluding hydrogens is 284 g/mol. The Balaban J connectivity index is 2.16. The van der Waals surface area contributed by atoms with Crippen molar-refractivity contribution in [1.29, 1.82) is 0 Å². The van der Waals surface area contributed by atoms with Crippen molar-refractivity contribution in [2.24, 2.45) is 0 Å². The molecule has 0 fully saturated rings. The molecule has 2 heterocycles. The van der Waals surface area contributed by atoms with Gasteiger partial charge in [-0.2, -0.15) is 0 Å². The third kappa shape index (κ3) is 3.83. The molecule has 0 aliphatic heterocycles. The average Bonchev–Trinajstić information content (AvgIpc) is 2.96. The average molecular weight is 308 g/mol. The summed E-state index contributed by atoms with van der Waals surface area (Å²) >= 11 is 1.76. The highest BCUT2D eigenvalue weighted by molar-refractivity contribution is 7.11. The highest BCUT2D eigenvalue weighted by Gasteiger charge is 2.18. The van der Waals surface area contributed by atoms with Gasteiger partial charge in [-0.3, -0.25) is 0 Å². The first-order valence-electron chi connectivity index (χ1n) is 7.25. The molecule has 0 aromatic carbocycles. The minimum absolute atomic E-state index is 0.238. The summed E-state index contributed by atoms with van der Waals surface area (Å²) < 4.78 is 7.27. The molecule has 21 heavy (non-hydrogen) atoms. The quantitative estimate of drug-likeness (QED) is 0.797. The maximum absolute atomic E-state index is 5.08. The lowest BCUT2D eigenvalue weighted by Gasteiger charge is -2.16. The van der Waals surface area contributed by atoms with E-state index < -0.39 is 0 Å². The van der Waals surface area contributed by atoms with E-state index in [1.807, 2.05) is 6.92 Å². The second kappa shape index (κ2) is 7.04. The minimum Gasteiger partial charge on any atom is -0.385 e. The van der Waals surface area contributed by atoms with Crippen LogP contribution < -0.4 is 5.32 Å². The standard InChI is InChI=1S/C15H24N4OS/c1-10-9-19(15(17-10)16-7-6-8-20-5)12(3)14-11(2)18-13(4)21-14/h9,12H,6-8H2,1-5H3,(H,16,17). The molecule has 2 aromatic rings. The van der Waals surface area contributed by atoms with Crippen LogP contribution in [0.5, 0.6) is 0 Å². The summed E-state index contributed by atoms with van der Waals surface area (Å²) in [6, 6.07) is 0.238. The number of methoxy groups -OCH3 is 1. The van der Waals surface area contributed by atoms with Gasteiger partial charge in [0.1, 0.15) is 0 Å². The number of imidazole rings is 1. The molecule has 1 unspecified atom stereocenters. The second-order valence-corrected chi connectivity index (χ2v) is 6.48. The Hall–Kier alpha value is -1.40. The second-order valence-electron chi connectivity index (χ2n) is 5.24. The maximum atomic E-state index is 5.08. The van der Waals surface area contributed by atoms with E-state index in [1.54, 1.807) is 18.4 Å². The van der Waals surface area contributed by atoms with Crippen LogP contribution in [0.3, 0.4) is 0 Å². The summed E-state index contributed by atoms with van der Waals surface area (Å²) in [5.41, 5.74) is 2.14. The van der Waals surface area contributed by atoms with E-state index in [0.717, 1.165) is 41.9 Å². The zero-order valence-electron chi connectivity index (χ0n) is 13.4. The van der Waals surface area contributed by atoms with Gasteiger partial charge in [0.25, 0.3) is 0 Å². The van der Waals surface area contributed by atoms with Gasteiger partial charge in [0.05, 0.1) is 27.3 Å². The van der Waals surface area contributed by atoms with Gasteiger partial charge in [-0.05, 0) is 34.1 Å². The Morgan fingerprint density at radius 1 is 1.33 bits per heavy atom. The molecule has 0 radical (unpaired) electrons. The highest BCUT2D eigenvalue weighted by Crippen LogP contribution is 2.29. The Bertz CT molecular complexity index is 591. The van der Waals surface area contributed by atoms with E-state index in [0.29, 0.717) is 0 Å². The van der Waals surface area contributed by atoms with Gasteiger partial charge in [0.15, 0.2) is 0 Å². The lowest BCUT2D eigenvalue weighted by Crippen LogP contribution is -2.13. The van der Waals surface area contributed by atoms with E-state index in [2.05, 4.69) is 46.8 Å². The molecule has 0 bridgehead atoms. The van der Waals surface area contributed by atoms with Crippen LogP contribution >= 0.6 is 11.3 Å². The zero-order valence-corrected chi connectivity index (χ0v) is 14.3. The molecule has 0 saturated carbocycles. The lowest BCUT2D eigenvalue weighted by molar-refractivity contribution is 0.197. The van der Waals surface area contributed by atoms with E-state index in [1.165, 1.54) is 4.88 Å². The fraction of sp³-hybridized carbons (Fsp3) is 0.600. The van der Waals surface area contributed by atoms with Crippen molar-refractivity contribution >= 4 is 17.3 Å². The van der Waals surface area contributed by atoms with Gasteiger partial charge in [-0.25, -0.2) is 9.97 Å². The Morgan fingerprint density at radius 2 is 2.10 bits per heavy atom. The van der Waals surface area contributed by atoms with Crippen molar-refractivity contribution in [3.63, 3.8) is 0 Å². The van der Waals surface area contributed by atoms with E-state index >= 15 is 0 Å². The van der Waals surface area contributed by atoms with Crippen LogP contribution in [0.1, 0.15) is 40.7 Å². The van der Waals surface area contributed by atoms with Crippen molar-refractivity contribution < 1.29 is 4.74 Å². The zero-order chi connectivity index (χ0) is 15.4. The monoisotopic (exact) mass is 308 g/mol. The molecule has 0 saturated heterocycles. The van der Waals surface area contributed by atoms with Crippen LogP contribution in [0.15, 0.2) is 6.20 Å². The first-order chi connectivity index (χ1) is 10.0. The SMILES string of the molecule is COCCCNc1nc(C)cn1C(C)c1sc(C)nc1C. The molecule has 0 amide bonds. The third-order valence-electron chi connectivity index (χ3n) is 3.40. The fourth-order valence-electron chi connectivity index (χ4n) is 2.42. The van der Waals surface area contributed by atoms with Crippen LogP contribution in [0.4, 0.5) is 5.95 Å². The smallest absolute Gasteiger partial charge is 0.203 e. The Labute approximate surface area is 130 Å². The predicted octanol–water partition coefficient (Wildman–Crippen LogP) is 3.32. The summed E-state index contributed by atoms with van der Waals surface area (Å²) in [7, 11) is 1.72. The van der Waals surface area contributed by atoms with Gasteiger partial charge < -0.3 is 14.6 Å². The van der Waals surface area contributed by atoms with Gasteiger partial charge in [-0.1, -0.05) is 0 Å². The summed E-state index contributed by atoms with van der Waals surface area (Å²) in [6.07, 6.45) is 3.06. The Kier molecular flexibility index (Phi) is 5.36. The molecule has 6 heteroatoms. The first-order valence-corrected chi connectivity index (χ1v) is 8.06. The number of hydrogen-bond acceptors (Lipinski definition) is 5. The van der Waals surface area contributed by atoms with E-state index in [9.17, 15) is 0 Å². The van der Waals surface area contributed by atoms with Gasteiger partial charge in [0.2, 0.25) is 5.95 Å². The maximum Gasteiger partial charge on any atom is 0.203 e. The molecule has 1 N–H and O–H groups in total. The van der Waals surface area contributed by atoms with Crippen LogP contribution in [0.25, 0.3) is 0 Å². The number of nitrogens with zero attached hydrogens (tertiary/aromatic N) is 3. The third-order valence-corrected chi connectivity index (χ3v) is 4.64. The summed E-state index contributed by atoms with van der Waals surface area (Å²) in [5, 5.41) is 4.51. The largest absolute Gasteiger partial charge is 0.385 e. The molecule has 5 nitrogen and oxygen atoms in total. The number of aryl methyl sites for hydroxylation is 3. The van der Waals surface area contributed by atoms with Crippen molar-refractivity contribution in [2.45, 2.75) is 40.2 Å². The Morgan fingerprint density at radius 3 is 2.71 bits per heavy atom. The molecule has 0 aliphatic rings. The number of ether oxygens (including phenoxy) is 1. The molecule has 2 aromatic heterocycles. The summed E-state index contributed by atoms with van der Waals surface area (Å²) in [5.74, 6) is 0.918. The lowest BCUT2D eigenvalue weighted by atomic mass is 10.2. The van der Waals surface area contributed by atoms with Gasteiger partial charge in [0, 0.05) is 26.5 Å². The number of thiazole rings is 1. The summed E-state index contributed by atoms with van der Waals surface area (Å²) in [4.78, 5) is 10.4. The van der Waals surface area contributed by atoms with Crippen LogP contribution in [-0.4, -0.2) is 34.8 Å². The normalized spacial score (nSPS) is 12.6. The highest BCUT2D eigenvalue weighted by atomic mass is 32.1.